The lowest BCUT2D eigenvalue weighted by molar-refractivity contribution is -0.887. The molecule has 1 fully saturated rings. The van der Waals surface area contributed by atoms with E-state index in [0.29, 0.717) is 5.02 Å². The van der Waals surface area contributed by atoms with Crippen molar-refractivity contribution in [1.29, 1.82) is 0 Å². The highest BCUT2D eigenvalue weighted by Gasteiger charge is 2.17. The summed E-state index contributed by atoms with van der Waals surface area (Å²) in [5, 5.41) is 6.89. The predicted molar refractivity (Wildman–Crippen MR) is 112 cm³/mol. The normalized spacial score (nSPS) is 14.6. The summed E-state index contributed by atoms with van der Waals surface area (Å²) in [6, 6.07) is 12.0. The van der Waals surface area contributed by atoms with Crippen LogP contribution in [0, 0.1) is 0 Å². The highest BCUT2D eigenvalue weighted by Crippen LogP contribution is 2.21. The van der Waals surface area contributed by atoms with Gasteiger partial charge in [0.25, 0.3) is 0 Å². The number of rotatable bonds is 7. The third kappa shape index (κ3) is 5.68. The summed E-state index contributed by atoms with van der Waals surface area (Å²) in [5.74, 6) is 0. The number of benzene rings is 1. The highest BCUT2D eigenvalue weighted by molar-refractivity contribution is 7.80. The minimum Gasteiger partial charge on any atom is -0.344 e. The molecule has 0 bridgehead atoms. The van der Waals surface area contributed by atoms with E-state index in [2.05, 4.69) is 27.7 Å². The molecule has 3 nitrogen and oxygen atoms in total. The fourth-order valence-corrected chi connectivity index (χ4v) is 4.41. The molecular weight excluding hydrogens is 370 g/mol. The van der Waals surface area contributed by atoms with Gasteiger partial charge in [-0.3, -0.25) is 0 Å². The zero-order valence-electron chi connectivity index (χ0n) is 14.3. The summed E-state index contributed by atoms with van der Waals surface area (Å²) in [6.45, 7) is 5.71. The molecule has 0 radical (unpaired) electrons. The van der Waals surface area contributed by atoms with Crippen molar-refractivity contribution in [3.05, 3.63) is 51.7 Å². The van der Waals surface area contributed by atoms with Crippen LogP contribution in [0.15, 0.2) is 41.8 Å². The lowest BCUT2D eigenvalue weighted by atomic mass is 10.3. The Morgan fingerprint density at radius 2 is 2.00 bits per heavy atom. The third-order valence-corrected chi connectivity index (χ3v) is 6.15. The van der Waals surface area contributed by atoms with E-state index in [1.165, 1.54) is 37.4 Å². The first kappa shape index (κ1) is 18.6. The van der Waals surface area contributed by atoms with Crippen LogP contribution >= 0.6 is 35.2 Å². The lowest BCUT2D eigenvalue weighted by Gasteiger charge is -2.26. The van der Waals surface area contributed by atoms with E-state index < -0.39 is 0 Å². The van der Waals surface area contributed by atoms with Crippen LogP contribution in [-0.4, -0.2) is 36.2 Å². The van der Waals surface area contributed by atoms with Crippen LogP contribution in [0.2, 0.25) is 5.02 Å². The van der Waals surface area contributed by atoms with Crippen LogP contribution in [0.25, 0.3) is 0 Å². The molecular formula is C19H25ClN3S2+. The summed E-state index contributed by atoms with van der Waals surface area (Å²) in [6.07, 6.45) is 3.91. The van der Waals surface area contributed by atoms with Gasteiger partial charge in [-0.2, -0.15) is 0 Å². The molecule has 1 aromatic carbocycles. The van der Waals surface area contributed by atoms with Crippen LogP contribution in [0.1, 0.15) is 24.1 Å². The second-order valence-electron chi connectivity index (χ2n) is 6.47. The lowest BCUT2D eigenvalue weighted by Crippen LogP contribution is -3.10. The fraction of sp³-hybridized carbons (Fsp3) is 0.421. The van der Waals surface area contributed by atoms with Crippen molar-refractivity contribution in [2.75, 3.05) is 31.5 Å². The molecule has 0 amide bonds. The molecule has 0 unspecified atom stereocenters. The number of anilines is 1. The van der Waals surface area contributed by atoms with Gasteiger partial charge in [0.15, 0.2) is 5.11 Å². The zero-order valence-corrected chi connectivity index (χ0v) is 16.7. The van der Waals surface area contributed by atoms with Gasteiger partial charge in [0.2, 0.25) is 0 Å². The molecule has 2 aromatic rings. The average molecular weight is 395 g/mol. The Balaban J connectivity index is 1.60. The van der Waals surface area contributed by atoms with Crippen molar-refractivity contribution in [2.24, 2.45) is 0 Å². The number of nitrogens with one attached hydrogen (secondary N) is 2. The highest BCUT2D eigenvalue weighted by atomic mass is 35.5. The maximum Gasteiger partial charge on any atom is 0.173 e. The molecule has 3 rings (SSSR count). The average Bonchev–Trinajstić information content (AvgIpc) is 3.29. The summed E-state index contributed by atoms with van der Waals surface area (Å²) in [7, 11) is 0. The number of nitrogens with zero attached hydrogens (tertiary/aromatic N) is 1. The SMILES string of the molecule is S=C(Nc1ccccc1Cl)N(CCC[NH+]1CCCC1)Cc1cccs1. The Kier molecular flexibility index (Phi) is 7.11. The van der Waals surface area contributed by atoms with Gasteiger partial charge in [0, 0.05) is 30.7 Å². The monoisotopic (exact) mass is 394 g/mol. The minimum atomic E-state index is 0.697. The summed E-state index contributed by atoms with van der Waals surface area (Å²) >= 11 is 13.7. The van der Waals surface area contributed by atoms with Gasteiger partial charge in [-0.15, -0.1) is 11.3 Å². The molecule has 1 aromatic heterocycles. The number of halogens is 1. The Morgan fingerprint density at radius 1 is 1.20 bits per heavy atom. The number of hydrogen-bond donors (Lipinski definition) is 2. The molecule has 0 aliphatic carbocycles. The predicted octanol–water partition coefficient (Wildman–Crippen LogP) is 3.67. The van der Waals surface area contributed by atoms with E-state index in [0.717, 1.165) is 30.3 Å². The third-order valence-electron chi connectivity index (χ3n) is 4.60. The fourth-order valence-electron chi connectivity index (χ4n) is 3.24. The first-order valence-corrected chi connectivity index (χ1v) is 10.6. The van der Waals surface area contributed by atoms with Crippen LogP contribution < -0.4 is 10.2 Å². The van der Waals surface area contributed by atoms with Gasteiger partial charge in [-0.25, -0.2) is 0 Å². The van der Waals surface area contributed by atoms with Crippen LogP contribution in [0.4, 0.5) is 5.69 Å². The van der Waals surface area contributed by atoms with E-state index in [9.17, 15) is 0 Å². The second kappa shape index (κ2) is 9.53. The van der Waals surface area contributed by atoms with E-state index in [4.69, 9.17) is 23.8 Å². The Hall–Kier alpha value is -1.14. The summed E-state index contributed by atoms with van der Waals surface area (Å²) in [4.78, 5) is 5.33. The van der Waals surface area contributed by atoms with Crippen LogP contribution in [0.5, 0.6) is 0 Å². The van der Waals surface area contributed by atoms with Gasteiger partial charge >= 0.3 is 0 Å². The van der Waals surface area contributed by atoms with Crippen molar-refractivity contribution in [1.82, 2.24) is 4.90 Å². The van der Waals surface area contributed by atoms with Gasteiger partial charge in [-0.1, -0.05) is 29.8 Å². The Bertz CT molecular complexity index is 669. The zero-order chi connectivity index (χ0) is 17.5. The van der Waals surface area contributed by atoms with E-state index in [1.807, 2.05) is 24.3 Å². The van der Waals surface area contributed by atoms with Gasteiger partial charge in [0.05, 0.1) is 36.9 Å². The minimum absolute atomic E-state index is 0.697. The number of hydrogen-bond acceptors (Lipinski definition) is 2. The molecule has 1 aliphatic heterocycles. The maximum atomic E-state index is 6.26. The molecule has 134 valence electrons. The molecule has 25 heavy (non-hydrogen) atoms. The number of thiophene rings is 1. The Labute approximate surface area is 164 Å². The number of likely N-dealkylation sites (tertiary alicyclic amines) is 1. The second-order valence-corrected chi connectivity index (χ2v) is 8.30. The van der Waals surface area contributed by atoms with Gasteiger partial charge in [0.1, 0.15) is 0 Å². The summed E-state index contributed by atoms with van der Waals surface area (Å²) in [5.41, 5.74) is 0.871. The molecule has 0 spiro atoms. The topological polar surface area (TPSA) is 19.7 Å². The first-order chi connectivity index (χ1) is 12.2. The smallest absolute Gasteiger partial charge is 0.173 e. The maximum absolute atomic E-state index is 6.26. The van der Waals surface area contributed by atoms with Crippen LogP contribution in [-0.2, 0) is 6.54 Å². The van der Waals surface area contributed by atoms with Crippen molar-refractivity contribution < 1.29 is 4.90 Å². The standard InChI is InChI=1S/C19H24ClN3S2/c20-17-8-1-2-9-18(17)21-19(24)23(15-16-7-5-14-25-16)13-6-12-22-10-3-4-11-22/h1-2,5,7-9,14H,3-4,6,10-13,15H2,(H,21,24)/p+1. The van der Waals surface area contributed by atoms with E-state index in [1.54, 1.807) is 16.2 Å². The Morgan fingerprint density at radius 3 is 2.72 bits per heavy atom. The van der Waals surface area contributed by atoms with E-state index in [-0.39, 0.29) is 0 Å². The van der Waals surface area contributed by atoms with Crippen molar-refractivity contribution in [2.45, 2.75) is 25.8 Å². The van der Waals surface area contributed by atoms with Gasteiger partial charge < -0.3 is 15.1 Å². The largest absolute Gasteiger partial charge is 0.344 e. The van der Waals surface area contributed by atoms with Crippen molar-refractivity contribution >= 4 is 46.0 Å². The van der Waals surface area contributed by atoms with Crippen molar-refractivity contribution in [3.8, 4) is 0 Å². The number of para-hydroxylation sites is 1. The summed E-state index contributed by atoms with van der Waals surface area (Å²) < 4.78 is 0. The number of quaternary nitrogens is 1. The molecule has 1 saturated heterocycles. The van der Waals surface area contributed by atoms with E-state index >= 15 is 0 Å². The molecule has 2 heterocycles. The van der Waals surface area contributed by atoms with Gasteiger partial charge in [-0.05, 0) is 35.8 Å². The molecule has 2 N–H and O–H groups in total. The first-order valence-electron chi connectivity index (χ1n) is 8.89. The molecule has 1 aliphatic rings. The van der Waals surface area contributed by atoms with Crippen LogP contribution in [0.3, 0.4) is 0 Å². The number of thiocarbonyl (C=S) groups is 1. The van der Waals surface area contributed by atoms with Crippen molar-refractivity contribution in [3.63, 3.8) is 0 Å². The quantitative estimate of drug-likeness (QED) is 0.699. The molecule has 0 saturated carbocycles. The molecule has 0 atom stereocenters. The molecule has 6 heteroatoms.